The van der Waals surface area contributed by atoms with Crippen molar-refractivity contribution in [1.29, 1.82) is 0 Å². The minimum atomic E-state index is -1.24. The summed E-state index contributed by atoms with van der Waals surface area (Å²) in [5.74, 6) is -2.01. The summed E-state index contributed by atoms with van der Waals surface area (Å²) in [5.41, 5.74) is 6.16. The summed E-state index contributed by atoms with van der Waals surface area (Å²) in [6.45, 7) is -0.674. The van der Waals surface area contributed by atoms with E-state index in [1.54, 1.807) is 36.4 Å². The molecule has 3 N–H and O–H groups in total. The Morgan fingerprint density at radius 3 is 2.25 bits per heavy atom. The highest BCUT2D eigenvalue weighted by Crippen LogP contribution is 2.21. The van der Waals surface area contributed by atoms with Crippen LogP contribution in [0.4, 0.5) is 10.5 Å². The van der Waals surface area contributed by atoms with Gasteiger partial charge in [0.05, 0.1) is 11.3 Å². The summed E-state index contributed by atoms with van der Waals surface area (Å²) in [4.78, 5) is 35.8. The van der Waals surface area contributed by atoms with E-state index in [0.29, 0.717) is 0 Å². The minimum Gasteiger partial charge on any atom is -0.480 e. The molecule has 0 unspecified atom stereocenters. The summed E-state index contributed by atoms with van der Waals surface area (Å²) in [7, 11) is 0. The van der Waals surface area contributed by atoms with Gasteiger partial charge in [-0.2, -0.15) is 0 Å². The van der Waals surface area contributed by atoms with E-state index in [2.05, 4.69) is 0 Å². The molecule has 0 heterocycles. The number of primary amides is 1. The number of hydrogen-bond donors (Lipinski definition) is 2. The predicted molar refractivity (Wildman–Crippen MR) is 86.6 cm³/mol. The molecule has 0 radical (unpaired) electrons. The normalized spacial score (nSPS) is 10.0. The largest absolute Gasteiger partial charge is 0.480 e. The molecule has 0 bridgehead atoms. The zero-order chi connectivity index (χ0) is 17.5. The number of carboxylic acid groups (broad SMARTS) is 1. The minimum absolute atomic E-state index is 0.0193. The van der Waals surface area contributed by atoms with Crippen molar-refractivity contribution < 1.29 is 24.2 Å². The van der Waals surface area contributed by atoms with Crippen LogP contribution in [0.3, 0.4) is 0 Å². The number of rotatable bonds is 6. The number of carboxylic acids is 1. The number of nitrogens with two attached hydrogens (primary N) is 1. The van der Waals surface area contributed by atoms with Gasteiger partial charge < -0.3 is 15.6 Å². The third-order valence-electron chi connectivity index (χ3n) is 3.18. The van der Waals surface area contributed by atoms with Gasteiger partial charge in [0.25, 0.3) is 5.91 Å². The molecule has 2 rings (SSSR count). The van der Waals surface area contributed by atoms with Gasteiger partial charge in [-0.15, -0.1) is 0 Å². The summed E-state index contributed by atoms with van der Waals surface area (Å²) < 4.78 is 5.15. The van der Waals surface area contributed by atoms with Crippen molar-refractivity contribution in [3.63, 3.8) is 0 Å². The second-order valence-corrected chi connectivity index (χ2v) is 4.90. The van der Waals surface area contributed by atoms with Gasteiger partial charge in [0.15, 0.2) is 0 Å². The number of carbonyl (C=O) groups is 3. The number of ether oxygens (including phenoxy) is 1. The summed E-state index contributed by atoms with van der Waals surface area (Å²) >= 11 is 0. The summed E-state index contributed by atoms with van der Waals surface area (Å²) in [6.07, 6.45) is -0.880. The van der Waals surface area contributed by atoms with Crippen molar-refractivity contribution in [3.05, 3.63) is 65.7 Å². The molecule has 0 fully saturated rings. The first-order valence-corrected chi connectivity index (χ1v) is 7.08. The zero-order valence-corrected chi connectivity index (χ0v) is 12.7. The Hall–Kier alpha value is -3.35. The van der Waals surface area contributed by atoms with Crippen LogP contribution in [-0.4, -0.2) is 29.6 Å². The van der Waals surface area contributed by atoms with Crippen LogP contribution in [0.5, 0.6) is 0 Å². The van der Waals surface area contributed by atoms with E-state index in [-0.39, 0.29) is 17.9 Å². The molecule has 0 aliphatic rings. The van der Waals surface area contributed by atoms with Gasteiger partial charge in [0, 0.05) is 0 Å². The first-order chi connectivity index (χ1) is 11.5. The fourth-order valence-electron chi connectivity index (χ4n) is 2.10. The predicted octanol–water partition coefficient (Wildman–Crippen LogP) is 2.01. The third-order valence-corrected chi connectivity index (χ3v) is 3.18. The van der Waals surface area contributed by atoms with E-state index >= 15 is 0 Å². The van der Waals surface area contributed by atoms with E-state index in [0.717, 1.165) is 10.5 Å². The molecule has 24 heavy (non-hydrogen) atoms. The maximum absolute atomic E-state index is 12.3. The van der Waals surface area contributed by atoms with Crippen molar-refractivity contribution in [2.45, 2.75) is 6.61 Å². The summed E-state index contributed by atoms with van der Waals surface area (Å²) in [5, 5.41) is 9.04. The van der Waals surface area contributed by atoms with Crippen molar-refractivity contribution in [1.82, 2.24) is 0 Å². The number of hydrogen-bond acceptors (Lipinski definition) is 4. The van der Waals surface area contributed by atoms with Crippen molar-refractivity contribution in [3.8, 4) is 0 Å². The number of carbonyl (C=O) groups excluding carboxylic acids is 2. The Morgan fingerprint density at radius 1 is 1.00 bits per heavy atom. The van der Waals surface area contributed by atoms with Crippen LogP contribution in [-0.2, 0) is 16.1 Å². The average Bonchev–Trinajstić information content (AvgIpc) is 2.58. The number of para-hydroxylation sites is 1. The van der Waals surface area contributed by atoms with Gasteiger partial charge in [-0.05, 0) is 17.7 Å². The van der Waals surface area contributed by atoms with E-state index < -0.39 is 24.5 Å². The topological polar surface area (TPSA) is 110 Å². The molecule has 124 valence electrons. The van der Waals surface area contributed by atoms with E-state index in [1.165, 1.54) is 12.1 Å². The lowest BCUT2D eigenvalue weighted by molar-refractivity contribution is -0.135. The third kappa shape index (κ3) is 4.33. The lowest BCUT2D eigenvalue weighted by Crippen LogP contribution is -2.37. The van der Waals surface area contributed by atoms with Gasteiger partial charge in [-0.1, -0.05) is 42.5 Å². The molecule has 0 spiro atoms. The Bertz CT molecular complexity index is 746. The average molecular weight is 328 g/mol. The molecule has 2 aromatic rings. The van der Waals surface area contributed by atoms with Crippen LogP contribution in [0, 0.1) is 0 Å². The maximum atomic E-state index is 12.3. The fourth-order valence-corrected chi connectivity index (χ4v) is 2.10. The Morgan fingerprint density at radius 2 is 1.62 bits per heavy atom. The second kappa shape index (κ2) is 7.77. The highest BCUT2D eigenvalue weighted by atomic mass is 16.6. The molecule has 0 atom stereocenters. The molecule has 2 aromatic carbocycles. The van der Waals surface area contributed by atoms with Gasteiger partial charge >= 0.3 is 12.1 Å². The van der Waals surface area contributed by atoms with E-state index in [4.69, 9.17) is 15.6 Å². The summed E-state index contributed by atoms with van der Waals surface area (Å²) in [6, 6.07) is 14.9. The van der Waals surface area contributed by atoms with Crippen LogP contribution in [0.25, 0.3) is 0 Å². The molecule has 0 saturated heterocycles. The standard InChI is InChI=1S/C17H16N2O5/c18-16(22)13-8-4-5-9-14(13)19(10-15(20)21)17(23)24-11-12-6-2-1-3-7-12/h1-9H,10-11H2,(H2,18,22)(H,20,21). The quantitative estimate of drug-likeness (QED) is 0.843. The van der Waals surface area contributed by atoms with Crippen molar-refractivity contribution in [2.75, 3.05) is 11.4 Å². The SMILES string of the molecule is NC(=O)c1ccccc1N(CC(=O)O)C(=O)OCc1ccccc1. The molecule has 0 aliphatic carbocycles. The number of benzene rings is 2. The van der Waals surface area contributed by atoms with Gasteiger partial charge in [-0.3, -0.25) is 14.5 Å². The van der Waals surface area contributed by atoms with Crippen LogP contribution < -0.4 is 10.6 Å². The van der Waals surface area contributed by atoms with Crippen LogP contribution in [0.1, 0.15) is 15.9 Å². The maximum Gasteiger partial charge on any atom is 0.415 e. The van der Waals surface area contributed by atoms with Gasteiger partial charge in [0.2, 0.25) is 0 Å². The lowest BCUT2D eigenvalue weighted by Gasteiger charge is -2.22. The monoisotopic (exact) mass is 328 g/mol. The first-order valence-electron chi connectivity index (χ1n) is 7.08. The van der Waals surface area contributed by atoms with Gasteiger partial charge in [0.1, 0.15) is 13.2 Å². The molecule has 7 nitrogen and oxygen atoms in total. The van der Waals surface area contributed by atoms with Crippen LogP contribution in [0.15, 0.2) is 54.6 Å². The number of aliphatic carboxylic acids is 1. The second-order valence-electron chi connectivity index (χ2n) is 4.90. The number of anilines is 1. The molecule has 0 aliphatic heterocycles. The highest BCUT2D eigenvalue weighted by Gasteiger charge is 2.24. The fraction of sp³-hybridized carbons (Fsp3) is 0.118. The molecule has 0 saturated carbocycles. The Balaban J connectivity index is 2.23. The molecular weight excluding hydrogens is 312 g/mol. The van der Waals surface area contributed by atoms with Crippen LogP contribution in [0.2, 0.25) is 0 Å². The van der Waals surface area contributed by atoms with E-state index in [1.807, 2.05) is 6.07 Å². The van der Waals surface area contributed by atoms with Crippen molar-refractivity contribution >= 4 is 23.7 Å². The van der Waals surface area contributed by atoms with Crippen LogP contribution >= 0.6 is 0 Å². The Kier molecular flexibility index (Phi) is 5.51. The zero-order valence-electron chi connectivity index (χ0n) is 12.7. The number of amides is 2. The molecular formula is C17H16N2O5. The van der Waals surface area contributed by atoms with Crippen molar-refractivity contribution in [2.24, 2.45) is 5.73 Å². The smallest absolute Gasteiger partial charge is 0.415 e. The highest BCUT2D eigenvalue weighted by molar-refractivity contribution is 6.04. The van der Waals surface area contributed by atoms with E-state index in [9.17, 15) is 14.4 Å². The molecule has 2 amide bonds. The first kappa shape index (κ1) is 17.0. The lowest BCUT2D eigenvalue weighted by atomic mass is 10.1. The van der Waals surface area contributed by atoms with Gasteiger partial charge in [-0.25, -0.2) is 4.79 Å². The molecule has 7 heteroatoms. The molecule has 0 aromatic heterocycles. The Labute approximate surface area is 138 Å². The number of nitrogens with zero attached hydrogens (tertiary/aromatic N) is 1.